The number of nitrogens with one attached hydrogen (secondary N) is 1. The highest BCUT2D eigenvalue weighted by Gasteiger charge is 2.55. The topological polar surface area (TPSA) is 122 Å². The number of carbonyl (C=O) groups excluding carboxylic acids is 3. The van der Waals surface area contributed by atoms with E-state index in [2.05, 4.69) is 15.3 Å². The molecule has 9 nitrogen and oxygen atoms in total. The molecule has 1 aliphatic rings. The molecule has 1 aromatic carbocycles. The third-order valence-electron chi connectivity index (χ3n) is 6.25. The van der Waals surface area contributed by atoms with Gasteiger partial charge in [0.1, 0.15) is 11.9 Å². The van der Waals surface area contributed by atoms with Crippen LogP contribution in [-0.4, -0.2) is 45.8 Å². The van der Waals surface area contributed by atoms with Crippen molar-refractivity contribution in [2.24, 2.45) is 5.92 Å². The fourth-order valence-corrected chi connectivity index (χ4v) is 4.33. The first-order valence-corrected chi connectivity index (χ1v) is 11.5. The van der Waals surface area contributed by atoms with E-state index in [9.17, 15) is 14.4 Å². The SMILES string of the molecule is CC[C@@H](NC(=O)N1C(=O)[C@H](Cc2ccnc(N)c2)[C@H]1C(=O)N(C)c1ccccc1)c1cccnc1. The van der Waals surface area contributed by atoms with Crippen molar-refractivity contribution in [3.05, 3.63) is 84.3 Å². The van der Waals surface area contributed by atoms with E-state index in [0.717, 1.165) is 16.0 Å². The van der Waals surface area contributed by atoms with Crippen molar-refractivity contribution in [1.29, 1.82) is 0 Å². The molecule has 3 atom stereocenters. The van der Waals surface area contributed by atoms with E-state index in [4.69, 9.17) is 5.73 Å². The molecule has 9 heteroatoms. The van der Waals surface area contributed by atoms with Crippen LogP contribution in [0.5, 0.6) is 0 Å². The van der Waals surface area contributed by atoms with Crippen molar-refractivity contribution in [2.75, 3.05) is 17.7 Å². The van der Waals surface area contributed by atoms with Crippen LogP contribution in [0.15, 0.2) is 73.2 Å². The number of imide groups is 1. The predicted octanol–water partition coefficient (Wildman–Crippen LogP) is 2.95. The summed E-state index contributed by atoms with van der Waals surface area (Å²) in [7, 11) is 1.64. The van der Waals surface area contributed by atoms with Gasteiger partial charge in [-0.1, -0.05) is 31.2 Å². The first-order valence-electron chi connectivity index (χ1n) is 11.5. The van der Waals surface area contributed by atoms with Crippen LogP contribution in [0.2, 0.25) is 0 Å². The molecule has 0 bridgehead atoms. The van der Waals surface area contributed by atoms with Gasteiger partial charge in [0.05, 0.1) is 12.0 Å². The fourth-order valence-electron chi connectivity index (χ4n) is 4.33. The highest BCUT2D eigenvalue weighted by molar-refractivity contribution is 6.12. The summed E-state index contributed by atoms with van der Waals surface area (Å²) in [6.45, 7) is 1.93. The van der Waals surface area contributed by atoms with Crippen molar-refractivity contribution in [3.8, 4) is 0 Å². The van der Waals surface area contributed by atoms with Crippen molar-refractivity contribution in [3.63, 3.8) is 0 Å². The first kappa shape index (κ1) is 23.9. The number of nitrogens with zero attached hydrogens (tertiary/aromatic N) is 4. The number of likely N-dealkylation sites (tertiary alicyclic amines) is 1. The Morgan fingerprint density at radius 2 is 1.91 bits per heavy atom. The van der Waals surface area contributed by atoms with E-state index >= 15 is 0 Å². The Kier molecular flexibility index (Phi) is 7.05. The minimum Gasteiger partial charge on any atom is -0.384 e. The number of likely N-dealkylation sites (N-methyl/N-ethyl adjacent to an activating group) is 1. The molecule has 3 aromatic rings. The zero-order valence-corrected chi connectivity index (χ0v) is 19.7. The summed E-state index contributed by atoms with van der Waals surface area (Å²) >= 11 is 0. The molecule has 0 saturated carbocycles. The van der Waals surface area contributed by atoms with Crippen molar-refractivity contribution in [1.82, 2.24) is 20.2 Å². The highest BCUT2D eigenvalue weighted by Crippen LogP contribution is 2.33. The van der Waals surface area contributed by atoms with Crippen molar-refractivity contribution < 1.29 is 14.4 Å². The number of hydrogen-bond acceptors (Lipinski definition) is 6. The molecule has 1 aliphatic heterocycles. The Bertz CT molecular complexity index is 1200. The van der Waals surface area contributed by atoms with Crippen LogP contribution in [0.25, 0.3) is 0 Å². The Balaban J connectivity index is 1.59. The van der Waals surface area contributed by atoms with Gasteiger partial charge in [-0.25, -0.2) is 9.78 Å². The Morgan fingerprint density at radius 1 is 1.14 bits per heavy atom. The predicted molar refractivity (Wildman–Crippen MR) is 132 cm³/mol. The lowest BCUT2D eigenvalue weighted by atomic mass is 9.81. The average molecular weight is 473 g/mol. The molecule has 4 amide bonds. The zero-order valence-electron chi connectivity index (χ0n) is 19.7. The maximum Gasteiger partial charge on any atom is 0.325 e. The van der Waals surface area contributed by atoms with Gasteiger partial charge in [-0.3, -0.25) is 19.5 Å². The Morgan fingerprint density at radius 3 is 2.57 bits per heavy atom. The average Bonchev–Trinajstić information content (AvgIpc) is 2.89. The summed E-state index contributed by atoms with van der Waals surface area (Å²) in [5.41, 5.74) is 8.07. The van der Waals surface area contributed by atoms with Crippen LogP contribution in [-0.2, 0) is 16.0 Å². The zero-order chi connectivity index (χ0) is 24.9. The lowest BCUT2D eigenvalue weighted by Crippen LogP contribution is -2.70. The number of carbonyl (C=O) groups is 3. The smallest absolute Gasteiger partial charge is 0.325 e. The van der Waals surface area contributed by atoms with Gasteiger partial charge in [0, 0.05) is 31.3 Å². The number of urea groups is 1. The van der Waals surface area contributed by atoms with Crippen LogP contribution in [0, 0.1) is 5.92 Å². The van der Waals surface area contributed by atoms with E-state index in [1.54, 1.807) is 56.0 Å². The number of nitrogens with two attached hydrogens (primary N) is 1. The van der Waals surface area contributed by atoms with Gasteiger partial charge in [0.15, 0.2) is 0 Å². The summed E-state index contributed by atoms with van der Waals surface area (Å²) in [4.78, 5) is 50.7. The molecule has 1 fully saturated rings. The number of pyridine rings is 2. The summed E-state index contributed by atoms with van der Waals surface area (Å²) in [5.74, 6) is -1.11. The van der Waals surface area contributed by atoms with E-state index in [1.165, 1.54) is 4.90 Å². The molecular weight excluding hydrogens is 444 g/mol. The van der Waals surface area contributed by atoms with Gasteiger partial charge in [-0.2, -0.15) is 0 Å². The summed E-state index contributed by atoms with van der Waals surface area (Å²) < 4.78 is 0. The fraction of sp³-hybridized carbons (Fsp3) is 0.269. The Labute approximate surface area is 204 Å². The minimum atomic E-state index is -0.950. The van der Waals surface area contributed by atoms with Crippen LogP contribution < -0.4 is 16.0 Å². The number of nitrogen functional groups attached to an aromatic ring is 1. The van der Waals surface area contributed by atoms with Crippen molar-refractivity contribution >= 4 is 29.4 Å². The molecule has 180 valence electrons. The molecule has 0 unspecified atom stereocenters. The van der Waals surface area contributed by atoms with E-state index in [1.807, 2.05) is 31.2 Å². The lowest BCUT2D eigenvalue weighted by Gasteiger charge is -2.46. The third kappa shape index (κ3) is 4.98. The molecule has 0 aliphatic carbocycles. The van der Waals surface area contributed by atoms with Crippen LogP contribution in [0.3, 0.4) is 0 Å². The molecule has 3 heterocycles. The van der Waals surface area contributed by atoms with Gasteiger partial charge in [-0.05, 0) is 54.3 Å². The number of aromatic nitrogens is 2. The van der Waals surface area contributed by atoms with Crippen LogP contribution >= 0.6 is 0 Å². The summed E-state index contributed by atoms with van der Waals surface area (Å²) in [6.07, 6.45) is 5.76. The van der Waals surface area contributed by atoms with Crippen LogP contribution in [0.4, 0.5) is 16.3 Å². The summed E-state index contributed by atoms with van der Waals surface area (Å²) in [5, 5.41) is 2.90. The lowest BCUT2D eigenvalue weighted by molar-refractivity contribution is -0.156. The number of hydrogen-bond donors (Lipinski definition) is 2. The second-order valence-corrected chi connectivity index (χ2v) is 8.48. The second kappa shape index (κ2) is 10.3. The highest BCUT2D eigenvalue weighted by atomic mass is 16.2. The first-order chi connectivity index (χ1) is 16.9. The van der Waals surface area contributed by atoms with Gasteiger partial charge in [0.25, 0.3) is 5.91 Å². The van der Waals surface area contributed by atoms with Crippen molar-refractivity contribution in [2.45, 2.75) is 31.8 Å². The maximum absolute atomic E-state index is 13.6. The van der Waals surface area contributed by atoms with E-state index in [0.29, 0.717) is 17.9 Å². The number of para-hydroxylation sites is 1. The summed E-state index contributed by atoms with van der Waals surface area (Å²) in [6, 6.07) is 14.3. The molecule has 35 heavy (non-hydrogen) atoms. The maximum atomic E-state index is 13.6. The Hall–Kier alpha value is -4.27. The third-order valence-corrected chi connectivity index (χ3v) is 6.25. The monoisotopic (exact) mass is 472 g/mol. The van der Waals surface area contributed by atoms with Gasteiger partial charge < -0.3 is 16.0 Å². The molecular formula is C26H28N6O3. The van der Waals surface area contributed by atoms with Gasteiger partial charge in [-0.15, -0.1) is 0 Å². The number of anilines is 2. The second-order valence-electron chi connectivity index (χ2n) is 8.48. The van der Waals surface area contributed by atoms with E-state index in [-0.39, 0.29) is 18.4 Å². The quantitative estimate of drug-likeness (QED) is 0.510. The van der Waals surface area contributed by atoms with E-state index < -0.39 is 23.9 Å². The standard InChI is InChI=1S/C26H28N6O3/c1-3-21(18-8-7-12-28-16-18)30-26(35)32-23(25(34)31(2)19-9-5-4-6-10-19)20(24(32)33)14-17-11-13-29-22(27)15-17/h4-13,15-16,20-21,23H,3,14H2,1-2H3,(H2,27,29)(H,30,35)/t20-,21-,23+/m1/s1. The number of benzene rings is 1. The van der Waals surface area contributed by atoms with Crippen LogP contribution in [0.1, 0.15) is 30.5 Å². The molecule has 3 N–H and O–H groups in total. The van der Waals surface area contributed by atoms with Gasteiger partial charge in [0.2, 0.25) is 5.91 Å². The number of amides is 4. The largest absolute Gasteiger partial charge is 0.384 e. The molecule has 1 saturated heterocycles. The molecule has 4 rings (SSSR count). The minimum absolute atomic E-state index is 0.272. The molecule has 0 spiro atoms. The molecule has 2 aromatic heterocycles. The number of β-lactam (4-membered cyclic amide) rings is 1. The van der Waals surface area contributed by atoms with Gasteiger partial charge >= 0.3 is 6.03 Å². The normalized spacial score (nSPS) is 17.9. The number of rotatable bonds is 7. The molecule has 0 radical (unpaired) electrons.